The Morgan fingerprint density at radius 1 is 0.704 bits per heavy atom. The van der Waals surface area contributed by atoms with E-state index in [9.17, 15) is 9.59 Å². The molecule has 0 aliphatic heterocycles. The summed E-state index contributed by atoms with van der Waals surface area (Å²) in [5.41, 5.74) is 11.2. The summed E-state index contributed by atoms with van der Waals surface area (Å²) in [7, 11) is 0. The van der Waals surface area contributed by atoms with Crippen molar-refractivity contribution >= 4 is 11.9 Å². The molecule has 6 heteroatoms. The molecule has 1 aromatic carbocycles. The first kappa shape index (κ1) is 25.1. The van der Waals surface area contributed by atoms with E-state index in [1.807, 2.05) is 0 Å². The number of carboxylic acid groups (broad SMARTS) is 2. The van der Waals surface area contributed by atoms with Crippen LogP contribution in [0.2, 0.25) is 0 Å². The van der Waals surface area contributed by atoms with Crippen molar-refractivity contribution in [1.82, 2.24) is 0 Å². The van der Waals surface area contributed by atoms with Gasteiger partial charge in [-0.15, -0.1) is 0 Å². The molecule has 0 bridgehead atoms. The van der Waals surface area contributed by atoms with Crippen LogP contribution in [0, 0.1) is 6.92 Å². The fourth-order valence-corrected chi connectivity index (χ4v) is 2.80. The summed E-state index contributed by atoms with van der Waals surface area (Å²) in [6.45, 7) is 3.20. The smallest absolute Gasteiger partial charge is 0.335 e. The first-order valence-corrected chi connectivity index (χ1v) is 9.92. The van der Waals surface area contributed by atoms with Crippen LogP contribution in [0.3, 0.4) is 0 Å². The molecule has 0 amide bonds. The van der Waals surface area contributed by atoms with E-state index in [1.165, 1.54) is 89.3 Å². The number of benzene rings is 1. The average molecular weight is 381 g/mol. The number of hydrogen-bond donors (Lipinski definition) is 4. The zero-order valence-electron chi connectivity index (χ0n) is 16.6. The predicted octanol–water partition coefficient (Wildman–Crippen LogP) is 4.20. The average Bonchev–Trinajstić information content (AvgIpc) is 2.63. The van der Waals surface area contributed by atoms with Gasteiger partial charge in [0.05, 0.1) is 11.1 Å². The van der Waals surface area contributed by atoms with Gasteiger partial charge in [-0.3, -0.25) is 0 Å². The van der Waals surface area contributed by atoms with E-state index in [0.717, 1.165) is 13.1 Å². The van der Waals surface area contributed by atoms with Crippen molar-refractivity contribution in [2.45, 2.75) is 71.1 Å². The maximum atomic E-state index is 10.6. The lowest BCUT2D eigenvalue weighted by molar-refractivity contribution is 0.0696. The fourth-order valence-electron chi connectivity index (χ4n) is 2.80. The number of rotatable bonds is 13. The third kappa shape index (κ3) is 12.2. The molecule has 154 valence electrons. The van der Waals surface area contributed by atoms with E-state index >= 15 is 0 Å². The van der Waals surface area contributed by atoms with Crippen LogP contribution in [0.25, 0.3) is 0 Å². The van der Waals surface area contributed by atoms with Crippen LogP contribution in [-0.2, 0) is 0 Å². The molecule has 0 saturated carbocycles. The van der Waals surface area contributed by atoms with Crippen LogP contribution in [0.4, 0.5) is 0 Å². The molecule has 1 rings (SSSR count). The van der Waals surface area contributed by atoms with Gasteiger partial charge in [0.15, 0.2) is 0 Å². The van der Waals surface area contributed by atoms with Crippen molar-refractivity contribution in [2.24, 2.45) is 11.5 Å². The van der Waals surface area contributed by atoms with E-state index in [0.29, 0.717) is 0 Å². The van der Waals surface area contributed by atoms with Crippen LogP contribution in [0.1, 0.15) is 90.5 Å². The number of nitrogens with two attached hydrogens (primary N) is 2. The molecule has 0 aromatic heterocycles. The third-order valence-electron chi connectivity index (χ3n) is 4.45. The molecule has 6 nitrogen and oxygen atoms in total. The van der Waals surface area contributed by atoms with Gasteiger partial charge in [0.1, 0.15) is 0 Å². The Balaban J connectivity index is 0.000000501. The SMILES string of the molecule is Cc1c(C(=O)O)cccc1C(=O)O.NCCCCCCCCCCCCN. The lowest BCUT2D eigenvalue weighted by Crippen LogP contribution is -2.06. The summed E-state index contributed by atoms with van der Waals surface area (Å²) >= 11 is 0. The summed E-state index contributed by atoms with van der Waals surface area (Å²) in [6.07, 6.45) is 13.4. The van der Waals surface area contributed by atoms with E-state index in [4.69, 9.17) is 21.7 Å². The lowest BCUT2D eigenvalue weighted by atomic mass is 10.0. The van der Waals surface area contributed by atoms with Crippen LogP contribution in [0.15, 0.2) is 18.2 Å². The van der Waals surface area contributed by atoms with Crippen LogP contribution >= 0.6 is 0 Å². The van der Waals surface area contributed by atoms with E-state index in [2.05, 4.69) is 0 Å². The Morgan fingerprint density at radius 3 is 1.26 bits per heavy atom. The first-order valence-electron chi connectivity index (χ1n) is 9.92. The molecule has 0 fully saturated rings. The molecule has 0 aliphatic carbocycles. The normalized spacial score (nSPS) is 10.2. The molecule has 0 spiro atoms. The second kappa shape index (κ2) is 16.3. The van der Waals surface area contributed by atoms with Gasteiger partial charge in [-0.05, 0) is 50.6 Å². The van der Waals surface area contributed by atoms with Gasteiger partial charge in [-0.1, -0.05) is 57.4 Å². The van der Waals surface area contributed by atoms with Gasteiger partial charge in [0.2, 0.25) is 0 Å². The zero-order chi connectivity index (χ0) is 20.5. The van der Waals surface area contributed by atoms with E-state index in [1.54, 1.807) is 0 Å². The van der Waals surface area contributed by atoms with Gasteiger partial charge in [0, 0.05) is 0 Å². The Labute approximate surface area is 163 Å². The Morgan fingerprint density at radius 2 is 1.00 bits per heavy atom. The summed E-state index contributed by atoms with van der Waals surface area (Å²) in [6, 6.07) is 4.17. The molecule has 0 radical (unpaired) electrons. The Kier molecular flexibility index (Phi) is 15.1. The number of unbranched alkanes of at least 4 members (excludes halogenated alkanes) is 9. The van der Waals surface area contributed by atoms with Crippen molar-refractivity contribution in [1.29, 1.82) is 0 Å². The van der Waals surface area contributed by atoms with Crippen LogP contribution in [-0.4, -0.2) is 35.2 Å². The summed E-state index contributed by atoms with van der Waals surface area (Å²) in [5, 5.41) is 17.4. The summed E-state index contributed by atoms with van der Waals surface area (Å²) in [4.78, 5) is 21.2. The minimum atomic E-state index is -1.11. The minimum Gasteiger partial charge on any atom is -0.478 e. The molecule has 0 heterocycles. The number of hydrogen-bond acceptors (Lipinski definition) is 4. The molecule has 0 saturated heterocycles. The van der Waals surface area contributed by atoms with Gasteiger partial charge in [-0.25, -0.2) is 9.59 Å². The zero-order valence-corrected chi connectivity index (χ0v) is 16.6. The maximum absolute atomic E-state index is 10.6. The maximum Gasteiger partial charge on any atom is 0.335 e. The first-order chi connectivity index (χ1) is 13.0. The summed E-state index contributed by atoms with van der Waals surface area (Å²) < 4.78 is 0. The Hall–Kier alpha value is -1.92. The highest BCUT2D eigenvalue weighted by molar-refractivity contribution is 5.96. The van der Waals surface area contributed by atoms with Gasteiger partial charge >= 0.3 is 11.9 Å². The molecule has 0 aliphatic rings. The fraction of sp³-hybridized carbons (Fsp3) is 0.619. The highest BCUT2D eigenvalue weighted by Gasteiger charge is 2.13. The third-order valence-corrected chi connectivity index (χ3v) is 4.45. The van der Waals surface area contributed by atoms with Crippen molar-refractivity contribution in [3.8, 4) is 0 Å². The Bertz CT molecular complexity index is 503. The second-order valence-corrected chi connectivity index (χ2v) is 6.70. The highest BCUT2D eigenvalue weighted by Crippen LogP contribution is 2.13. The summed E-state index contributed by atoms with van der Waals surface area (Å²) in [5.74, 6) is -2.22. The van der Waals surface area contributed by atoms with E-state index in [-0.39, 0.29) is 16.7 Å². The molecular weight excluding hydrogens is 344 g/mol. The quantitative estimate of drug-likeness (QED) is 0.380. The van der Waals surface area contributed by atoms with E-state index < -0.39 is 11.9 Å². The van der Waals surface area contributed by atoms with Crippen molar-refractivity contribution in [2.75, 3.05) is 13.1 Å². The predicted molar refractivity (Wildman–Crippen MR) is 109 cm³/mol. The van der Waals surface area contributed by atoms with Crippen LogP contribution < -0.4 is 11.5 Å². The standard InChI is InChI=1S/C12H28N2.C9H8O4/c13-11-9-7-5-3-1-2-4-6-8-10-12-14;1-5-6(8(10)11)3-2-4-7(5)9(12)13/h1-14H2;2-4H,1H3,(H,10,11)(H,12,13). The largest absolute Gasteiger partial charge is 0.478 e. The van der Waals surface area contributed by atoms with Crippen molar-refractivity contribution < 1.29 is 19.8 Å². The van der Waals surface area contributed by atoms with Gasteiger partial charge in [-0.2, -0.15) is 0 Å². The lowest BCUT2D eigenvalue weighted by Gasteiger charge is -2.03. The van der Waals surface area contributed by atoms with Crippen molar-refractivity contribution in [3.63, 3.8) is 0 Å². The molecule has 0 atom stereocenters. The minimum absolute atomic E-state index is 0.0277. The molecule has 1 aromatic rings. The molecule has 0 unspecified atom stereocenters. The number of carboxylic acids is 2. The topological polar surface area (TPSA) is 127 Å². The van der Waals surface area contributed by atoms with Gasteiger partial charge in [0.25, 0.3) is 0 Å². The molecular formula is C21H36N2O4. The number of carbonyl (C=O) groups is 2. The number of aromatic carboxylic acids is 2. The molecule has 6 N–H and O–H groups in total. The second-order valence-electron chi connectivity index (χ2n) is 6.70. The molecule has 27 heavy (non-hydrogen) atoms. The highest BCUT2D eigenvalue weighted by atomic mass is 16.4. The monoisotopic (exact) mass is 380 g/mol. The van der Waals surface area contributed by atoms with Crippen LogP contribution in [0.5, 0.6) is 0 Å². The van der Waals surface area contributed by atoms with Crippen molar-refractivity contribution in [3.05, 3.63) is 34.9 Å². The van der Waals surface area contributed by atoms with Gasteiger partial charge < -0.3 is 21.7 Å².